The Kier molecular flexibility index (Phi) is 3.76. The van der Waals surface area contributed by atoms with Gasteiger partial charge in [0.1, 0.15) is 5.82 Å². The second-order valence-electron chi connectivity index (χ2n) is 5.52. The Morgan fingerprint density at radius 3 is 2.70 bits per heavy atom. The summed E-state index contributed by atoms with van der Waals surface area (Å²) in [5.41, 5.74) is 0.885. The van der Waals surface area contributed by atoms with Gasteiger partial charge in [-0.3, -0.25) is 14.3 Å². The van der Waals surface area contributed by atoms with Crippen molar-refractivity contribution >= 4 is 23.7 Å². The minimum Gasteiger partial charge on any atom is -0.353 e. The summed E-state index contributed by atoms with van der Waals surface area (Å²) in [6.07, 6.45) is 7.20. The molecule has 0 spiro atoms. The highest BCUT2D eigenvalue weighted by Crippen LogP contribution is 2.12. The first-order valence-electron chi connectivity index (χ1n) is 7.59. The van der Waals surface area contributed by atoms with Crippen molar-refractivity contribution in [3.8, 4) is 0 Å². The number of hydrogen-bond acceptors (Lipinski definition) is 6. The summed E-state index contributed by atoms with van der Waals surface area (Å²) in [5.74, 6) is 0.941. The van der Waals surface area contributed by atoms with E-state index >= 15 is 0 Å². The number of pyridine rings is 1. The van der Waals surface area contributed by atoms with Crippen molar-refractivity contribution in [1.82, 2.24) is 29.0 Å². The maximum Gasteiger partial charge on any atom is 0.203 e. The summed E-state index contributed by atoms with van der Waals surface area (Å²) in [6, 6.07) is 5.91. The van der Waals surface area contributed by atoms with Crippen molar-refractivity contribution in [2.75, 3.05) is 31.1 Å². The number of anilines is 1. The number of rotatable bonds is 3. The van der Waals surface area contributed by atoms with Crippen LogP contribution in [0.5, 0.6) is 0 Å². The van der Waals surface area contributed by atoms with Gasteiger partial charge in [0, 0.05) is 44.8 Å². The standard InChI is InChI=1S/C15H17N7S/c23-15-21-6-2-1-3-13(21)18-22(15)12-19-7-9-20(10-8-19)14-11-16-4-5-17-14/h1-6,11H,7-10,12H2. The molecular formula is C15H17N7S. The zero-order chi connectivity index (χ0) is 15.6. The Hall–Kier alpha value is -2.32. The van der Waals surface area contributed by atoms with E-state index in [9.17, 15) is 0 Å². The smallest absolute Gasteiger partial charge is 0.203 e. The van der Waals surface area contributed by atoms with Gasteiger partial charge in [-0.2, -0.15) is 5.10 Å². The minimum absolute atomic E-state index is 0.717. The molecule has 7 nitrogen and oxygen atoms in total. The first kappa shape index (κ1) is 14.3. The Balaban J connectivity index is 1.45. The maximum atomic E-state index is 5.50. The van der Waals surface area contributed by atoms with E-state index in [0.29, 0.717) is 0 Å². The first-order chi connectivity index (χ1) is 11.3. The molecule has 0 aromatic carbocycles. The molecule has 0 N–H and O–H groups in total. The molecule has 0 unspecified atom stereocenters. The number of nitrogens with zero attached hydrogens (tertiary/aromatic N) is 7. The summed E-state index contributed by atoms with van der Waals surface area (Å²) in [5, 5.41) is 4.58. The second-order valence-corrected chi connectivity index (χ2v) is 5.89. The van der Waals surface area contributed by atoms with Gasteiger partial charge in [-0.15, -0.1) is 0 Å². The van der Waals surface area contributed by atoms with E-state index in [2.05, 4.69) is 24.9 Å². The molecule has 0 amide bonds. The maximum absolute atomic E-state index is 5.50. The number of fused-ring (bicyclic) bond motifs is 1. The van der Waals surface area contributed by atoms with Crippen LogP contribution in [0, 0.1) is 4.77 Å². The first-order valence-corrected chi connectivity index (χ1v) is 7.99. The molecule has 0 aliphatic carbocycles. The van der Waals surface area contributed by atoms with Crippen molar-refractivity contribution in [1.29, 1.82) is 0 Å². The molecule has 8 heteroatoms. The Morgan fingerprint density at radius 1 is 1.09 bits per heavy atom. The molecule has 1 fully saturated rings. The Labute approximate surface area is 138 Å². The lowest BCUT2D eigenvalue weighted by atomic mass is 10.3. The van der Waals surface area contributed by atoms with Crippen LogP contribution in [0.1, 0.15) is 0 Å². The van der Waals surface area contributed by atoms with E-state index < -0.39 is 0 Å². The fourth-order valence-electron chi connectivity index (χ4n) is 2.82. The molecule has 0 saturated carbocycles. The van der Waals surface area contributed by atoms with E-state index in [1.54, 1.807) is 12.4 Å². The van der Waals surface area contributed by atoms with E-state index in [1.807, 2.05) is 39.7 Å². The van der Waals surface area contributed by atoms with Crippen LogP contribution in [-0.4, -0.2) is 55.2 Å². The van der Waals surface area contributed by atoms with Crippen LogP contribution >= 0.6 is 12.2 Å². The van der Waals surface area contributed by atoms with E-state index in [4.69, 9.17) is 12.2 Å². The van der Waals surface area contributed by atoms with Crippen molar-refractivity contribution in [2.24, 2.45) is 0 Å². The monoisotopic (exact) mass is 327 g/mol. The molecule has 1 aliphatic heterocycles. The molecule has 1 saturated heterocycles. The van der Waals surface area contributed by atoms with Crippen molar-refractivity contribution < 1.29 is 0 Å². The molecule has 3 aromatic heterocycles. The second kappa shape index (κ2) is 6.05. The van der Waals surface area contributed by atoms with E-state index in [0.717, 1.165) is 49.1 Å². The summed E-state index contributed by atoms with van der Waals surface area (Å²) in [4.78, 5) is 13.1. The van der Waals surface area contributed by atoms with Gasteiger partial charge in [0.05, 0.1) is 12.9 Å². The van der Waals surface area contributed by atoms with Crippen LogP contribution in [0.3, 0.4) is 0 Å². The molecular weight excluding hydrogens is 310 g/mol. The van der Waals surface area contributed by atoms with Crippen molar-refractivity contribution in [3.63, 3.8) is 0 Å². The molecule has 1 aliphatic rings. The third-order valence-electron chi connectivity index (χ3n) is 4.07. The molecule has 23 heavy (non-hydrogen) atoms. The quantitative estimate of drug-likeness (QED) is 0.679. The lowest BCUT2D eigenvalue weighted by molar-refractivity contribution is 0.194. The van der Waals surface area contributed by atoms with Gasteiger partial charge in [0.15, 0.2) is 5.65 Å². The summed E-state index contributed by atoms with van der Waals surface area (Å²) in [6.45, 7) is 4.48. The molecule has 0 atom stereocenters. The highest BCUT2D eigenvalue weighted by atomic mass is 32.1. The predicted octanol–water partition coefficient (Wildman–Crippen LogP) is 1.43. The fraction of sp³-hybridized carbons (Fsp3) is 0.333. The van der Waals surface area contributed by atoms with Crippen LogP contribution in [0.4, 0.5) is 5.82 Å². The molecule has 0 bridgehead atoms. The Bertz CT molecular complexity index is 849. The van der Waals surface area contributed by atoms with Gasteiger partial charge in [0.25, 0.3) is 0 Å². The van der Waals surface area contributed by atoms with Gasteiger partial charge in [-0.25, -0.2) is 9.67 Å². The SMILES string of the molecule is S=c1n(CN2CCN(c3cnccn3)CC2)nc2ccccn12. The van der Waals surface area contributed by atoms with Gasteiger partial charge in [-0.05, 0) is 24.4 Å². The van der Waals surface area contributed by atoms with Gasteiger partial charge in [-0.1, -0.05) is 6.07 Å². The van der Waals surface area contributed by atoms with E-state index in [-0.39, 0.29) is 0 Å². The zero-order valence-corrected chi connectivity index (χ0v) is 13.4. The normalized spacial score (nSPS) is 16.1. The van der Waals surface area contributed by atoms with Crippen LogP contribution in [0.25, 0.3) is 5.65 Å². The van der Waals surface area contributed by atoms with Crippen molar-refractivity contribution in [2.45, 2.75) is 6.67 Å². The average molecular weight is 327 g/mol. The van der Waals surface area contributed by atoms with Crippen LogP contribution in [0.15, 0.2) is 43.0 Å². The highest BCUT2D eigenvalue weighted by molar-refractivity contribution is 7.71. The predicted molar refractivity (Wildman–Crippen MR) is 89.8 cm³/mol. The summed E-state index contributed by atoms with van der Waals surface area (Å²) in [7, 11) is 0. The lowest BCUT2D eigenvalue weighted by Gasteiger charge is -2.34. The fourth-order valence-corrected chi connectivity index (χ4v) is 3.08. The van der Waals surface area contributed by atoms with Crippen molar-refractivity contribution in [3.05, 3.63) is 47.8 Å². The van der Waals surface area contributed by atoms with Crippen LogP contribution in [-0.2, 0) is 6.67 Å². The average Bonchev–Trinajstić information content (AvgIpc) is 2.93. The number of piperazine rings is 1. The molecule has 4 rings (SSSR count). The van der Waals surface area contributed by atoms with Gasteiger partial charge >= 0.3 is 0 Å². The third kappa shape index (κ3) is 2.82. The third-order valence-corrected chi connectivity index (χ3v) is 4.48. The number of aromatic nitrogens is 5. The molecule has 118 valence electrons. The lowest BCUT2D eigenvalue weighted by Crippen LogP contribution is -2.47. The van der Waals surface area contributed by atoms with Gasteiger partial charge in [0.2, 0.25) is 4.77 Å². The van der Waals surface area contributed by atoms with E-state index in [1.165, 1.54) is 0 Å². The molecule has 4 heterocycles. The molecule has 0 radical (unpaired) electrons. The number of hydrogen-bond donors (Lipinski definition) is 0. The largest absolute Gasteiger partial charge is 0.353 e. The minimum atomic E-state index is 0.717. The molecule has 3 aromatic rings. The topological polar surface area (TPSA) is 54.5 Å². The Morgan fingerprint density at radius 2 is 1.96 bits per heavy atom. The van der Waals surface area contributed by atoms with Crippen LogP contribution in [0.2, 0.25) is 0 Å². The zero-order valence-electron chi connectivity index (χ0n) is 12.6. The summed E-state index contributed by atoms with van der Waals surface area (Å²) >= 11 is 5.50. The highest BCUT2D eigenvalue weighted by Gasteiger charge is 2.19. The van der Waals surface area contributed by atoms with Crippen LogP contribution < -0.4 is 4.90 Å². The summed E-state index contributed by atoms with van der Waals surface area (Å²) < 4.78 is 4.56. The van der Waals surface area contributed by atoms with Gasteiger partial charge < -0.3 is 4.90 Å².